The molecule has 0 radical (unpaired) electrons. The molecule has 0 N–H and O–H groups in total. The number of benzene rings is 1. The fourth-order valence-electron chi connectivity index (χ4n) is 1.67. The van der Waals surface area contributed by atoms with Gasteiger partial charge in [0.05, 0.1) is 4.88 Å². The Morgan fingerprint density at radius 2 is 2.06 bits per heavy atom. The lowest BCUT2D eigenvalue weighted by Crippen LogP contribution is -2.19. The first-order chi connectivity index (χ1) is 8.29. The molecular formula is C14H15NOS. The van der Waals surface area contributed by atoms with Gasteiger partial charge in [-0.2, -0.15) is 0 Å². The summed E-state index contributed by atoms with van der Waals surface area (Å²) in [6, 6.07) is 12.4. The zero-order chi connectivity index (χ0) is 12.1. The van der Waals surface area contributed by atoms with Gasteiger partial charge >= 0.3 is 0 Å². The molecule has 0 atom stereocenters. The van der Waals surface area contributed by atoms with E-state index in [9.17, 15) is 4.79 Å². The van der Waals surface area contributed by atoms with Crippen LogP contribution in [0.15, 0.2) is 41.8 Å². The predicted molar refractivity (Wildman–Crippen MR) is 73.1 cm³/mol. The number of hydrogen-bond acceptors (Lipinski definition) is 3. The SMILES string of the molecule is CN(CCc1ccccc1)c1csc(C=O)c1. The molecule has 3 heteroatoms. The van der Waals surface area contributed by atoms with Crippen LogP contribution in [0.25, 0.3) is 0 Å². The van der Waals surface area contributed by atoms with Gasteiger partial charge < -0.3 is 4.90 Å². The van der Waals surface area contributed by atoms with Gasteiger partial charge in [0.1, 0.15) is 0 Å². The van der Waals surface area contributed by atoms with E-state index in [1.165, 1.54) is 16.9 Å². The fraction of sp³-hybridized carbons (Fsp3) is 0.214. The first-order valence-electron chi connectivity index (χ1n) is 5.58. The smallest absolute Gasteiger partial charge is 0.160 e. The molecule has 2 nitrogen and oxygen atoms in total. The maximum absolute atomic E-state index is 10.6. The van der Waals surface area contributed by atoms with Crippen LogP contribution in [0.3, 0.4) is 0 Å². The second-order valence-electron chi connectivity index (χ2n) is 3.98. The molecule has 0 aliphatic rings. The van der Waals surface area contributed by atoms with Crippen LogP contribution in [-0.4, -0.2) is 19.9 Å². The van der Waals surface area contributed by atoms with E-state index in [0.29, 0.717) is 0 Å². The van der Waals surface area contributed by atoms with E-state index in [1.807, 2.05) is 17.5 Å². The molecule has 88 valence electrons. The highest BCUT2D eigenvalue weighted by Crippen LogP contribution is 2.21. The minimum absolute atomic E-state index is 0.784. The molecule has 1 aromatic carbocycles. The van der Waals surface area contributed by atoms with Crippen LogP contribution in [0.1, 0.15) is 15.2 Å². The maximum atomic E-state index is 10.6. The van der Waals surface area contributed by atoms with E-state index in [0.717, 1.165) is 29.8 Å². The largest absolute Gasteiger partial charge is 0.374 e. The summed E-state index contributed by atoms with van der Waals surface area (Å²) in [4.78, 5) is 13.6. The van der Waals surface area contributed by atoms with Gasteiger partial charge in [-0.3, -0.25) is 4.79 Å². The van der Waals surface area contributed by atoms with E-state index in [4.69, 9.17) is 0 Å². The normalized spacial score (nSPS) is 10.2. The number of carbonyl (C=O) groups excluding carboxylic acids is 1. The lowest BCUT2D eigenvalue weighted by Gasteiger charge is -2.17. The molecular weight excluding hydrogens is 230 g/mol. The molecule has 0 bridgehead atoms. The Bertz CT molecular complexity index is 478. The molecule has 1 aromatic heterocycles. The molecule has 0 unspecified atom stereocenters. The van der Waals surface area contributed by atoms with Crippen LogP contribution in [0.5, 0.6) is 0 Å². The van der Waals surface area contributed by atoms with Gasteiger partial charge in [-0.25, -0.2) is 0 Å². The summed E-state index contributed by atoms with van der Waals surface area (Å²) < 4.78 is 0. The quantitative estimate of drug-likeness (QED) is 0.754. The van der Waals surface area contributed by atoms with Gasteiger partial charge in [-0.1, -0.05) is 30.3 Å². The molecule has 0 aliphatic heterocycles. The Hall–Kier alpha value is -1.61. The van der Waals surface area contributed by atoms with E-state index in [-0.39, 0.29) is 0 Å². The third kappa shape index (κ3) is 3.17. The van der Waals surface area contributed by atoms with Crippen molar-refractivity contribution < 1.29 is 4.79 Å². The summed E-state index contributed by atoms with van der Waals surface area (Å²) >= 11 is 1.49. The zero-order valence-electron chi connectivity index (χ0n) is 9.80. The summed E-state index contributed by atoms with van der Waals surface area (Å²) in [6.07, 6.45) is 1.92. The summed E-state index contributed by atoms with van der Waals surface area (Å²) in [6.45, 7) is 0.957. The second kappa shape index (κ2) is 5.64. The summed E-state index contributed by atoms with van der Waals surface area (Å²) in [7, 11) is 2.06. The van der Waals surface area contributed by atoms with Gasteiger partial charge in [0.2, 0.25) is 0 Å². The van der Waals surface area contributed by atoms with Crippen LogP contribution in [0.2, 0.25) is 0 Å². The van der Waals surface area contributed by atoms with Crippen LogP contribution in [0.4, 0.5) is 5.69 Å². The average Bonchev–Trinajstić information content (AvgIpc) is 2.86. The molecule has 0 aliphatic carbocycles. The highest BCUT2D eigenvalue weighted by Gasteiger charge is 2.04. The van der Waals surface area contributed by atoms with Crippen molar-refractivity contribution in [3.63, 3.8) is 0 Å². The first kappa shape index (κ1) is 11.9. The van der Waals surface area contributed by atoms with Crippen molar-refractivity contribution in [3.05, 3.63) is 52.2 Å². The van der Waals surface area contributed by atoms with E-state index in [2.05, 4.69) is 36.2 Å². The van der Waals surface area contributed by atoms with Crippen molar-refractivity contribution in [2.45, 2.75) is 6.42 Å². The molecule has 2 aromatic rings. The van der Waals surface area contributed by atoms with Gasteiger partial charge in [0, 0.05) is 24.7 Å². The van der Waals surface area contributed by atoms with E-state index in [1.54, 1.807) is 0 Å². The molecule has 0 amide bonds. The summed E-state index contributed by atoms with van der Waals surface area (Å²) in [5, 5.41) is 2.02. The molecule has 17 heavy (non-hydrogen) atoms. The lowest BCUT2D eigenvalue weighted by atomic mass is 10.1. The van der Waals surface area contributed by atoms with Crippen molar-refractivity contribution in [2.75, 3.05) is 18.5 Å². The monoisotopic (exact) mass is 245 g/mol. The number of carbonyl (C=O) groups is 1. The van der Waals surface area contributed by atoms with Crippen molar-refractivity contribution >= 4 is 23.3 Å². The summed E-state index contributed by atoms with van der Waals surface area (Å²) in [5.74, 6) is 0. The van der Waals surface area contributed by atoms with Gasteiger partial charge in [-0.15, -0.1) is 11.3 Å². The standard InChI is InChI=1S/C14H15NOS/c1-15(13-9-14(10-16)17-11-13)8-7-12-5-3-2-4-6-12/h2-6,9-11H,7-8H2,1H3. The van der Waals surface area contributed by atoms with E-state index < -0.39 is 0 Å². The Morgan fingerprint density at radius 3 is 2.71 bits per heavy atom. The minimum atomic E-state index is 0.784. The second-order valence-corrected chi connectivity index (χ2v) is 4.93. The van der Waals surface area contributed by atoms with Crippen molar-refractivity contribution in [1.82, 2.24) is 0 Å². The number of anilines is 1. The first-order valence-corrected chi connectivity index (χ1v) is 6.46. The number of thiophene rings is 1. The van der Waals surface area contributed by atoms with Gasteiger partial charge in [0.15, 0.2) is 6.29 Å². The Morgan fingerprint density at radius 1 is 1.29 bits per heavy atom. The third-order valence-corrected chi connectivity index (χ3v) is 3.59. The highest BCUT2D eigenvalue weighted by molar-refractivity contribution is 7.12. The molecule has 1 heterocycles. The number of nitrogens with zero attached hydrogens (tertiary/aromatic N) is 1. The third-order valence-electron chi connectivity index (χ3n) is 2.74. The van der Waals surface area contributed by atoms with Gasteiger partial charge in [0.25, 0.3) is 0 Å². The number of hydrogen-bond donors (Lipinski definition) is 0. The number of likely N-dealkylation sites (N-methyl/N-ethyl adjacent to an activating group) is 1. The van der Waals surface area contributed by atoms with Crippen LogP contribution in [0, 0.1) is 0 Å². The Balaban J connectivity index is 1.93. The maximum Gasteiger partial charge on any atom is 0.160 e. The zero-order valence-corrected chi connectivity index (χ0v) is 10.6. The Labute approximate surface area is 106 Å². The van der Waals surface area contributed by atoms with Crippen molar-refractivity contribution in [3.8, 4) is 0 Å². The average molecular weight is 245 g/mol. The summed E-state index contributed by atoms with van der Waals surface area (Å²) in [5.41, 5.74) is 2.46. The minimum Gasteiger partial charge on any atom is -0.374 e. The van der Waals surface area contributed by atoms with Crippen LogP contribution in [-0.2, 0) is 6.42 Å². The number of aldehydes is 1. The molecule has 2 rings (SSSR count). The fourth-order valence-corrected chi connectivity index (χ4v) is 2.42. The van der Waals surface area contributed by atoms with Gasteiger partial charge in [-0.05, 0) is 18.1 Å². The molecule has 0 saturated carbocycles. The van der Waals surface area contributed by atoms with Crippen LogP contribution < -0.4 is 4.90 Å². The van der Waals surface area contributed by atoms with Crippen LogP contribution >= 0.6 is 11.3 Å². The van der Waals surface area contributed by atoms with Crippen molar-refractivity contribution in [1.29, 1.82) is 0 Å². The number of rotatable bonds is 5. The predicted octanol–water partition coefficient (Wildman–Crippen LogP) is 3.24. The lowest BCUT2D eigenvalue weighted by molar-refractivity contribution is 0.112. The molecule has 0 spiro atoms. The molecule has 0 saturated heterocycles. The topological polar surface area (TPSA) is 20.3 Å². The Kier molecular flexibility index (Phi) is 3.94. The van der Waals surface area contributed by atoms with Crippen molar-refractivity contribution in [2.24, 2.45) is 0 Å². The highest BCUT2D eigenvalue weighted by atomic mass is 32.1. The van der Waals surface area contributed by atoms with E-state index >= 15 is 0 Å². The molecule has 0 fully saturated rings.